The lowest BCUT2D eigenvalue weighted by molar-refractivity contribution is -0.150. The van der Waals surface area contributed by atoms with E-state index in [1.165, 1.54) is 0 Å². The smallest absolute Gasteiger partial charge is 0.0883 e. The van der Waals surface area contributed by atoms with E-state index in [1.54, 1.807) is 0 Å². The molecule has 3 unspecified atom stereocenters. The van der Waals surface area contributed by atoms with Gasteiger partial charge in [0.2, 0.25) is 0 Å². The molecule has 0 saturated heterocycles. The van der Waals surface area contributed by atoms with Crippen LogP contribution in [-0.4, -0.2) is 45.8 Å². The molecule has 122 valence electrons. The van der Waals surface area contributed by atoms with Crippen molar-refractivity contribution in [3.63, 3.8) is 0 Å². The van der Waals surface area contributed by atoms with E-state index < -0.39 is 23.0 Å². The summed E-state index contributed by atoms with van der Waals surface area (Å²) in [5, 5.41) is 40.7. The predicted octanol–water partition coefficient (Wildman–Crippen LogP) is 2.09. The fourth-order valence-electron chi connectivity index (χ4n) is 3.00. The first-order chi connectivity index (χ1) is 9.43. The second-order valence-corrected chi connectivity index (χ2v) is 6.09. The Labute approximate surface area is 123 Å². The van der Waals surface area contributed by atoms with E-state index in [0.717, 1.165) is 12.8 Å². The predicted molar refractivity (Wildman–Crippen MR) is 81.4 cm³/mol. The number of aliphatic hydroxyl groups is 4. The molecule has 20 heavy (non-hydrogen) atoms. The lowest BCUT2D eigenvalue weighted by Gasteiger charge is -2.45. The highest BCUT2D eigenvalue weighted by atomic mass is 16.3. The Morgan fingerprint density at radius 3 is 1.45 bits per heavy atom. The lowest BCUT2D eigenvalue weighted by atomic mass is 9.66. The first-order valence-electron chi connectivity index (χ1n) is 8.01. The van der Waals surface area contributed by atoms with Crippen molar-refractivity contribution in [2.24, 2.45) is 10.8 Å². The Bertz CT molecular complexity index is 239. The van der Waals surface area contributed by atoms with Crippen molar-refractivity contribution < 1.29 is 20.4 Å². The third-order valence-electron chi connectivity index (χ3n) is 5.32. The number of aliphatic hydroxyl groups excluding tert-OH is 4. The van der Waals surface area contributed by atoms with Gasteiger partial charge in [-0.15, -0.1) is 0 Å². The maximum atomic E-state index is 10.7. The largest absolute Gasteiger partial charge is 0.396 e. The van der Waals surface area contributed by atoms with Gasteiger partial charge in [-0.1, -0.05) is 40.5 Å². The van der Waals surface area contributed by atoms with Gasteiger partial charge >= 0.3 is 0 Å². The van der Waals surface area contributed by atoms with E-state index in [-0.39, 0.29) is 13.2 Å². The Morgan fingerprint density at radius 2 is 1.15 bits per heavy atom. The third kappa shape index (κ3) is 3.94. The minimum absolute atomic E-state index is 0.142. The highest BCUT2D eigenvalue weighted by molar-refractivity contribution is 4.96. The summed E-state index contributed by atoms with van der Waals surface area (Å²) in [6.45, 7) is 7.52. The molecule has 0 aromatic carbocycles. The molecule has 0 fully saturated rings. The second-order valence-electron chi connectivity index (χ2n) is 6.09. The molecule has 0 radical (unpaired) electrons. The zero-order chi connectivity index (χ0) is 15.8. The van der Waals surface area contributed by atoms with Crippen LogP contribution < -0.4 is 0 Å². The van der Waals surface area contributed by atoms with E-state index in [2.05, 4.69) is 6.92 Å². The molecule has 0 saturated carbocycles. The highest BCUT2D eigenvalue weighted by Crippen LogP contribution is 2.41. The van der Waals surface area contributed by atoms with Crippen molar-refractivity contribution in [3.8, 4) is 0 Å². The second kappa shape index (κ2) is 8.98. The molecular formula is C16H34O4. The zero-order valence-corrected chi connectivity index (χ0v) is 13.6. The minimum Gasteiger partial charge on any atom is -0.396 e. The van der Waals surface area contributed by atoms with Crippen molar-refractivity contribution in [3.05, 3.63) is 0 Å². The van der Waals surface area contributed by atoms with Gasteiger partial charge in [-0.05, 0) is 25.7 Å². The van der Waals surface area contributed by atoms with Crippen molar-refractivity contribution >= 4 is 0 Å². The van der Waals surface area contributed by atoms with Gasteiger partial charge in [0.05, 0.1) is 25.4 Å². The first-order valence-corrected chi connectivity index (χ1v) is 8.01. The van der Waals surface area contributed by atoms with Crippen LogP contribution in [0.4, 0.5) is 0 Å². The molecule has 4 nitrogen and oxygen atoms in total. The number of hydrogen-bond donors (Lipinski definition) is 4. The molecule has 0 aliphatic heterocycles. The normalized spacial score (nSPS) is 18.6. The van der Waals surface area contributed by atoms with Gasteiger partial charge in [0.15, 0.2) is 0 Å². The average Bonchev–Trinajstić information content (AvgIpc) is 2.50. The molecule has 0 aliphatic rings. The summed E-state index contributed by atoms with van der Waals surface area (Å²) in [5.41, 5.74) is -1.37. The van der Waals surface area contributed by atoms with E-state index in [1.807, 2.05) is 20.8 Å². The molecule has 0 aromatic rings. The summed E-state index contributed by atoms with van der Waals surface area (Å²) in [5.74, 6) is 0. The number of hydrogen-bond acceptors (Lipinski definition) is 4. The van der Waals surface area contributed by atoms with E-state index in [4.69, 9.17) is 0 Å². The van der Waals surface area contributed by atoms with Crippen LogP contribution in [-0.2, 0) is 0 Å². The van der Waals surface area contributed by atoms with Crippen LogP contribution in [0.5, 0.6) is 0 Å². The molecule has 0 spiro atoms. The molecular weight excluding hydrogens is 256 g/mol. The summed E-state index contributed by atoms with van der Waals surface area (Å²) >= 11 is 0. The van der Waals surface area contributed by atoms with Crippen LogP contribution in [0.1, 0.15) is 66.2 Å². The van der Waals surface area contributed by atoms with Crippen LogP contribution in [0.2, 0.25) is 0 Å². The molecule has 0 aromatic heterocycles. The van der Waals surface area contributed by atoms with Gasteiger partial charge < -0.3 is 20.4 Å². The number of rotatable bonds is 11. The monoisotopic (exact) mass is 290 g/mol. The maximum absolute atomic E-state index is 10.7. The van der Waals surface area contributed by atoms with E-state index >= 15 is 0 Å². The minimum atomic E-state index is -1.02. The molecule has 0 amide bonds. The Morgan fingerprint density at radius 1 is 0.750 bits per heavy atom. The fraction of sp³-hybridized carbons (Fsp3) is 1.00. The summed E-state index contributed by atoms with van der Waals surface area (Å²) < 4.78 is 0. The topological polar surface area (TPSA) is 80.9 Å². The molecule has 0 heterocycles. The SMILES string of the molecule is CCCCC(CC)(CO)C(O)C(O)C(CC)(CC)CO. The number of unbranched alkanes of at least 4 members (excludes halogenated alkanes) is 1. The first kappa shape index (κ1) is 19.8. The Balaban J connectivity index is 5.27. The average molecular weight is 290 g/mol. The Hall–Kier alpha value is -0.160. The molecule has 3 atom stereocenters. The molecule has 0 bridgehead atoms. The van der Waals surface area contributed by atoms with E-state index in [9.17, 15) is 20.4 Å². The fourth-order valence-corrected chi connectivity index (χ4v) is 3.00. The van der Waals surface area contributed by atoms with Crippen molar-refractivity contribution in [1.82, 2.24) is 0 Å². The van der Waals surface area contributed by atoms with E-state index in [0.29, 0.717) is 25.7 Å². The van der Waals surface area contributed by atoms with Gasteiger partial charge in [0.25, 0.3) is 0 Å². The van der Waals surface area contributed by atoms with Gasteiger partial charge in [0, 0.05) is 10.8 Å². The standard InChI is InChI=1S/C16H34O4/c1-5-9-10-16(8-4,12-18)14(20)13(19)15(6-2,7-3)11-17/h13-14,17-20H,5-12H2,1-4H3. The maximum Gasteiger partial charge on any atom is 0.0883 e. The summed E-state index contributed by atoms with van der Waals surface area (Å²) in [7, 11) is 0. The van der Waals surface area contributed by atoms with Crippen LogP contribution >= 0.6 is 0 Å². The molecule has 0 aliphatic carbocycles. The summed E-state index contributed by atoms with van der Waals surface area (Å²) in [6.07, 6.45) is 2.33. The molecule has 0 rings (SSSR count). The van der Waals surface area contributed by atoms with Crippen molar-refractivity contribution in [1.29, 1.82) is 0 Å². The molecule has 4 N–H and O–H groups in total. The van der Waals surface area contributed by atoms with Crippen LogP contribution in [0, 0.1) is 10.8 Å². The van der Waals surface area contributed by atoms with Gasteiger partial charge in [-0.25, -0.2) is 0 Å². The Kier molecular flexibility index (Phi) is 8.91. The van der Waals surface area contributed by atoms with Crippen molar-refractivity contribution in [2.75, 3.05) is 13.2 Å². The van der Waals surface area contributed by atoms with Gasteiger partial charge in [-0.2, -0.15) is 0 Å². The van der Waals surface area contributed by atoms with Crippen LogP contribution in [0.3, 0.4) is 0 Å². The van der Waals surface area contributed by atoms with Crippen LogP contribution in [0.25, 0.3) is 0 Å². The van der Waals surface area contributed by atoms with Gasteiger partial charge in [0.1, 0.15) is 0 Å². The van der Waals surface area contributed by atoms with Crippen LogP contribution in [0.15, 0.2) is 0 Å². The quantitative estimate of drug-likeness (QED) is 0.470. The third-order valence-corrected chi connectivity index (χ3v) is 5.32. The molecule has 4 heteroatoms. The zero-order valence-electron chi connectivity index (χ0n) is 13.6. The highest BCUT2D eigenvalue weighted by Gasteiger charge is 2.47. The van der Waals surface area contributed by atoms with Crippen molar-refractivity contribution in [2.45, 2.75) is 78.4 Å². The summed E-state index contributed by atoms with van der Waals surface area (Å²) in [4.78, 5) is 0. The van der Waals surface area contributed by atoms with Gasteiger partial charge in [-0.3, -0.25) is 0 Å². The lowest BCUT2D eigenvalue weighted by Crippen LogP contribution is -2.53. The summed E-state index contributed by atoms with van der Waals surface area (Å²) in [6, 6.07) is 0.